The highest BCUT2D eigenvalue weighted by Crippen LogP contribution is 2.17. The molecule has 0 fully saturated rings. The SMILES string of the molecule is CC(C)CNc1nccn1C(C)CCN(C)C. The Hall–Kier alpha value is -1.03. The van der Waals surface area contributed by atoms with Crippen molar-refractivity contribution in [3.63, 3.8) is 0 Å². The lowest BCUT2D eigenvalue weighted by molar-refractivity contribution is 0.359. The Labute approximate surface area is 105 Å². The first-order chi connectivity index (χ1) is 8.00. The Balaban J connectivity index is 2.54. The van der Waals surface area contributed by atoms with Crippen LogP contribution in [0.2, 0.25) is 0 Å². The van der Waals surface area contributed by atoms with E-state index in [9.17, 15) is 0 Å². The van der Waals surface area contributed by atoms with Crippen LogP contribution in [0.5, 0.6) is 0 Å². The molecule has 0 aliphatic rings. The maximum Gasteiger partial charge on any atom is 0.203 e. The largest absolute Gasteiger partial charge is 0.355 e. The highest BCUT2D eigenvalue weighted by molar-refractivity contribution is 5.26. The molecule has 17 heavy (non-hydrogen) atoms. The van der Waals surface area contributed by atoms with Gasteiger partial charge in [0.15, 0.2) is 0 Å². The molecule has 0 saturated carbocycles. The maximum atomic E-state index is 4.37. The summed E-state index contributed by atoms with van der Waals surface area (Å²) in [4.78, 5) is 6.59. The van der Waals surface area contributed by atoms with Gasteiger partial charge in [0.05, 0.1) is 0 Å². The van der Waals surface area contributed by atoms with E-state index in [2.05, 4.69) is 60.8 Å². The number of hydrogen-bond donors (Lipinski definition) is 1. The molecule has 1 unspecified atom stereocenters. The molecule has 4 heteroatoms. The third kappa shape index (κ3) is 4.77. The molecule has 0 aromatic carbocycles. The van der Waals surface area contributed by atoms with Crippen LogP contribution in [0, 0.1) is 5.92 Å². The monoisotopic (exact) mass is 238 g/mol. The van der Waals surface area contributed by atoms with Gasteiger partial charge in [-0.2, -0.15) is 0 Å². The summed E-state index contributed by atoms with van der Waals surface area (Å²) in [6, 6.07) is 0.481. The Bertz CT molecular complexity index is 317. The van der Waals surface area contributed by atoms with E-state index in [1.807, 2.05) is 6.20 Å². The summed E-state index contributed by atoms with van der Waals surface area (Å²) >= 11 is 0. The number of nitrogens with zero attached hydrogens (tertiary/aromatic N) is 3. The molecule has 4 nitrogen and oxygen atoms in total. The Morgan fingerprint density at radius 2 is 2.06 bits per heavy atom. The summed E-state index contributed by atoms with van der Waals surface area (Å²) in [5, 5.41) is 3.40. The third-order valence-electron chi connectivity index (χ3n) is 2.81. The fraction of sp³-hybridized carbons (Fsp3) is 0.769. The third-order valence-corrected chi connectivity index (χ3v) is 2.81. The topological polar surface area (TPSA) is 33.1 Å². The molecule has 0 aliphatic heterocycles. The van der Waals surface area contributed by atoms with Gasteiger partial charge in [0.25, 0.3) is 0 Å². The minimum absolute atomic E-state index is 0.481. The van der Waals surface area contributed by atoms with E-state index in [0.29, 0.717) is 12.0 Å². The number of rotatable bonds is 7. The Morgan fingerprint density at radius 1 is 1.35 bits per heavy atom. The first-order valence-electron chi connectivity index (χ1n) is 6.42. The predicted octanol–water partition coefficient (Wildman–Crippen LogP) is 2.46. The second-order valence-corrected chi connectivity index (χ2v) is 5.37. The number of hydrogen-bond acceptors (Lipinski definition) is 3. The normalized spacial score (nSPS) is 13.4. The second-order valence-electron chi connectivity index (χ2n) is 5.37. The van der Waals surface area contributed by atoms with E-state index in [-0.39, 0.29) is 0 Å². The van der Waals surface area contributed by atoms with E-state index in [1.54, 1.807) is 0 Å². The summed E-state index contributed by atoms with van der Waals surface area (Å²) in [6.07, 6.45) is 5.07. The summed E-state index contributed by atoms with van der Waals surface area (Å²) in [6.45, 7) is 8.72. The number of aromatic nitrogens is 2. The number of anilines is 1. The summed E-state index contributed by atoms with van der Waals surface area (Å²) in [7, 11) is 4.22. The predicted molar refractivity (Wildman–Crippen MR) is 73.4 cm³/mol. The van der Waals surface area contributed by atoms with Gasteiger partial charge in [-0.05, 0) is 39.9 Å². The minimum Gasteiger partial charge on any atom is -0.355 e. The zero-order valence-corrected chi connectivity index (χ0v) is 11.8. The maximum absolute atomic E-state index is 4.37. The first kappa shape index (κ1) is 14.0. The lowest BCUT2D eigenvalue weighted by Gasteiger charge is -2.19. The molecule has 1 rings (SSSR count). The van der Waals surface area contributed by atoms with Crippen molar-refractivity contribution in [2.24, 2.45) is 5.92 Å². The fourth-order valence-electron chi connectivity index (χ4n) is 1.69. The van der Waals surface area contributed by atoms with Crippen LogP contribution in [0.15, 0.2) is 12.4 Å². The van der Waals surface area contributed by atoms with Crippen LogP contribution in [-0.2, 0) is 0 Å². The van der Waals surface area contributed by atoms with Gasteiger partial charge in [0.2, 0.25) is 5.95 Å². The van der Waals surface area contributed by atoms with E-state index in [0.717, 1.165) is 25.5 Å². The molecule has 1 aromatic heterocycles. The van der Waals surface area contributed by atoms with Crippen LogP contribution in [-0.4, -0.2) is 41.6 Å². The van der Waals surface area contributed by atoms with Crippen molar-refractivity contribution >= 4 is 5.95 Å². The van der Waals surface area contributed by atoms with Gasteiger partial charge < -0.3 is 14.8 Å². The molecule has 0 amide bonds. The second kappa shape index (κ2) is 6.64. The molecule has 1 N–H and O–H groups in total. The molecular weight excluding hydrogens is 212 g/mol. The average molecular weight is 238 g/mol. The molecule has 1 aromatic rings. The number of imidazole rings is 1. The molecular formula is C13H26N4. The van der Waals surface area contributed by atoms with Crippen LogP contribution in [0.25, 0.3) is 0 Å². The van der Waals surface area contributed by atoms with Crippen molar-refractivity contribution in [1.82, 2.24) is 14.5 Å². The van der Waals surface area contributed by atoms with Gasteiger partial charge in [-0.3, -0.25) is 0 Å². The average Bonchev–Trinajstić information content (AvgIpc) is 2.71. The minimum atomic E-state index is 0.481. The van der Waals surface area contributed by atoms with E-state index < -0.39 is 0 Å². The van der Waals surface area contributed by atoms with E-state index >= 15 is 0 Å². The number of nitrogens with one attached hydrogen (secondary N) is 1. The molecule has 0 spiro atoms. The zero-order chi connectivity index (χ0) is 12.8. The van der Waals surface area contributed by atoms with Gasteiger partial charge in [0, 0.05) is 25.0 Å². The molecule has 0 aliphatic carbocycles. The van der Waals surface area contributed by atoms with Gasteiger partial charge in [0.1, 0.15) is 0 Å². The zero-order valence-electron chi connectivity index (χ0n) is 11.8. The summed E-state index contributed by atoms with van der Waals surface area (Å²) < 4.78 is 2.23. The molecule has 0 bridgehead atoms. The van der Waals surface area contributed by atoms with Crippen LogP contribution in [0.3, 0.4) is 0 Å². The lowest BCUT2D eigenvalue weighted by atomic mass is 10.2. The van der Waals surface area contributed by atoms with Gasteiger partial charge in [-0.15, -0.1) is 0 Å². The van der Waals surface area contributed by atoms with Gasteiger partial charge in [-0.1, -0.05) is 13.8 Å². The van der Waals surface area contributed by atoms with Crippen LogP contribution in [0.1, 0.15) is 33.2 Å². The van der Waals surface area contributed by atoms with Crippen LogP contribution in [0.4, 0.5) is 5.95 Å². The first-order valence-corrected chi connectivity index (χ1v) is 6.42. The molecule has 98 valence electrons. The molecule has 1 atom stereocenters. The quantitative estimate of drug-likeness (QED) is 0.792. The van der Waals surface area contributed by atoms with Gasteiger partial charge in [-0.25, -0.2) is 4.98 Å². The lowest BCUT2D eigenvalue weighted by Crippen LogP contribution is -2.19. The highest BCUT2D eigenvalue weighted by Gasteiger charge is 2.10. The van der Waals surface area contributed by atoms with Crippen molar-refractivity contribution < 1.29 is 0 Å². The fourth-order valence-corrected chi connectivity index (χ4v) is 1.69. The highest BCUT2D eigenvalue weighted by atomic mass is 15.2. The molecule has 1 heterocycles. The smallest absolute Gasteiger partial charge is 0.203 e. The summed E-state index contributed by atoms with van der Waals surface area (Å²) in [5.74, 6) is 1.63. The van der Waals surface area contributed by atoms with Crippen LogP contribution < -0.4 is 5.32 Å². The van der Waals surface area contributed by atoms with Crippen LogP contribution >= 0.6 is 0 Å². The molecule has 0 saturated heterocycles. The Morgan fingerprint density at radius 3 is 2.65 bits per heavy atom. The van der Waals surface area contributed by atoms with Crippen molar-refractivity contribution in [2.45, 2.75) is 33.2 Å². The van der Waals surface area contributed by atoms with Crippen molar-refractivity contribution in [2.75, 3.05) is 32.5 Å². The van der Waals surface area contributed by atoms with Crippen molar-refractivity contribution in [3.8, 4) is 0 Å². The van der Waals surface area contributed by atoms with Gasteiger partial charge >= 0.3 is 0 Å². The van der Waals surface area contributed by atoms with Crippen molar-refractivity contribution in [3.05, 3.63) is 12.4 Å². The standard InChI is InChI=1S/C13H26N4/c1-11(2)10-15-13-14-7-9-17(13)12(3)6-8-16(4)5/h7,9,11-12H,6,8,10H2,1-5H3,(H,14,15). The Kier molecular flexibility index (Phi) is 5.48. The summed E-state index contributed by atoms with van der Waals surface area (Å²) in [5.41, 5.74) is 0. The van der Waals surface area contributed by atoms with E-state index in [4.69, 9.17) is 0 Å². The van der Waals surface area contributed by atoms with E-state index in [1.165, 1.54) is 0 Å². The van der Waals surface area contributed by atoms with Crippen molar-refractivity contribution in [1.29, 1.82) is 0 Å². The molecule has 0 radical (unpaired) electrons.